The summed E-state index contributed by atoms with van der Waals surface area (Å²) in [6.45, 7) is 4.21. The van der Waals surface area contributed by atoms with Crippen molar-refractivity contribution in [2.24, 2.45) is 0 Å². The summed E-state index contributed by atoms with van der Waals surface area (Å²) >= 11 is 18.7. The van der Waals surface area contributed by atoms with Gasteiger partial charge in [-0.3, -0.25) is 0 Å². The lowest BCUT2D eigenvalue weighted by molar-refractivity contribution is 0.917. The molecule has 0 saturated heterocycles. The second kappa shape index (κ2) is 6.17. The second-order valence-corrected chi connectivity index (χ2v) is 6.05. The summed E-state index contributed by atoms with van der Waals surface area (Å²) < 4.78 is 0. The molecule has 0 nitrogen and oxygen atoms in total. The van der Waals surface area contributed by atoms with E-state index in [0.29, 0.717) is 10.0 Å². The average Bonchev–Trinajstić information content (AvgIpc) is 2.37. The van der Waals surface area contributed by atoms with Crippen LogP contribution in [0.5, 0.6) is 0 Å². The molecule has 0 fully saturated rings. The summed E-state index contributed by atoms with van der Waals surface area (Å²) in [4.78, 5) is 0. The first-order chi connectivity index (χ1) is 8.99. The third-order valence-corrected chi connectivity index (χ3v) is 4.53. The normalized spacial score (nSPS) is 12.5. The molecule has 0 aliphatic heterocycles. The Kier molecular flexibility index (Phi) is 4.78. The van der Waals surface area contributed by atoms with Gasteiger partial charge in [0.25, 0.3) is 0 Å². The number of benzene rings is 2. The van der Waals surface area contributed by atoms with Crippen LogP contribution in [0.1, 0.15) is 27.6 Å². The predicted octanol–water partition coefficient (Wildman–Crippen LogP) is 6.13. The first-order valence-corrected chi connectivity index (χ1v) is 7.32. The molecule has 0 aliphatic carbocycles. The van der Waals surface area contributed by atoms with Crippen LogP contribution in [0.3, 0.4) is 0 Å². The SMILES string of the molecule is Cc1ccc(CC(Cl)c2cccc(Cl)c2Cl)cc1C. The maximum atomic E-state index is 6.47. The molecule has 2 rings (SSSR count). The van der Waals surface area contributed by atoms with Gasteiger partial charge in [0.05, 0.1) is 15.4 Å². The van der Waals surface area contributed by atoms with Crippen molar-refractivity contribution in [1.82, 2.24) is 0 Å². The molecule has 0 saturated carbocycles. The smallest absolute Gasteiger partial charge is 0.0640 e. The molecular weight excluding hydrogens is 299 g/mol. The summed E-state index contributed by atoms with van der Waals surface area (Å²) in [5, 5.41) is 0.922. The van der Waals surface area contributed by atoms with E-state index in [0.717, 1.165) is 12.0 Å². The quantitative estimate of drug-likeness (QED) is 0.598. The van der Waals surface area contributed by atoms with E-state index in [1.165, 1.54) is 16.7 Å². The fourth-order valence-corrected chi connectivity index (χ4v) is 2.87. The van der Waals surface area contributed by atoms with Gasteiger partial charge in [-0.1, -0.05) is 53.5 Å². The molecule has 0 aromatic heterocycles. The molecule has 2 aromatic rings. The summed E-state index contributed by atoms with van der Waals surface area (Å²) in [6, 6.07) is 12.0. The number of alkyl halides is 1. The Bertz CT molecular complexity index is 591. The molecule has 1 atom stereocenters. The van der Waals surface area contributed by atoms with E-state index in [9.17, 15) is 0 Å². The van der Waals surface area contributed by atoms with Gasteiger partial charge in [-0.25, -0.2) is 0 Å². The minimum absolute atomic E-state index is 0.173. The fraction of sp³-hybridized carbons (Fsp3) is 0.250. The van der Waals surface area contributed by atoms with Gasteiger partial charge in [0.2, 0.25) is 0 Å². The Morgan fingerprint density at radius 3 is 2.42 bits per heavy atom. The van der Waals surface area contributed by atoms with Crippen LogP contribution in [0.4, 0.5) is 0 Å². The van der Waals surface area contributed by atoms with E-state index >= 15 is 0 Å². The molecular formula is C16H15Cl3. The lowest BCUT2D eigenvalue weighted by Crippen LogP contribution is -1.98. The summed E-state index contributed by atoms with van der Waals surface area (Å²) in [5.41, 5.74) is 4.66. The van der Waals surface area contributed by atoms with Crippen LogP contribution in [0.15, 0.2) is 36.4 Å². The van der Waals surface area contributed by atoms with Gasteiger partial charge in [0, 0.05) is 0 Å². The van der Waals surface area contributed by atoms with Crippen LogP contribution in [0.25, 0.3) is 0 Å². The Hall–Kier alpha value is -0.690. The summed E-state index contributed by atoms with van der Waals surface area (Å²) in [7, 11) is 0. The number of hydrogen-bond donors (Lipinski definition) is 0. The Morgan fingerprint density at radius 1 is 1.00 bits per heavy atom. The van der Waals surface area contributed by atoms with Crippen LogP contribution >= 0.6 is 34.8 Å². The number of hydrogen-bond acceptors (Lipinski definition) is 0. The average molecular weight is 314 g/mol. The highest BCUT2D eigenvalue weighted by Crippen LogP contribution is 2.35. The third kappa shape index (κ3) is 3.45. The molecule has 0 N–H and O–H groups in total. The summed E-state index contributed by atoms with van der Waals surface area (Å²) in [6.07, 6.45) is 0.739. The highest BCUT2D eigenvalue weighted by molar-refractivity contribution is 6.43. The van der Waals surface area contributed by atoms with Crippen LogP contribution in [-0.4, -0.2) is 0 Å². The number of rotatable bonds is 3. The third-order valence-electron chi connectivity index (χ3n) is 3.31. The van der Waals surface area contributed by atoms with Crippen molar-refractivity contribution in [3.8, 4) is 0 Å². The van der Waals surface area contributed by atoms with Crippen LogP contribution in [0.2, 0.25) is 10.0 Å². The van der Waals surface area contributed by atoms with Crippen molar-refractivity contribution in [1.29, 1.82) is 0 Å². The van der Waals surface area contributed by atoms with Gasteiger partial charge in [0.1, 0.15) is 0 Å². The van der Waals surface area contributed by atoms with E-state index < -0.39 is 0 Å². The molecule has 19 heavy (non-hydrogen) atoms. The largest absolute Gasteiger partial charge is 0.117 e. The van der Waals surface area contributed by atoms with Crippen molar-refractivity contribution >= 4 is 34.8 Å². The monoisotopic (exact) mass is 312 g/mol. The standard InChI is InChI=1S/C16H15Cl3/c1-10-6-7-12(8-11(10)2)9-15(18)13-4-3-5-14(17)16(13)19/h3-8,15H,9H2,1-2H3. The summed E-state index contributed by atoms with van der Waals surface area (Å²) in [5.74, 6) is 0. The molecule has 0 radical (unpaired) electrons. The van der Waals surface area contributed by atoms with Gasteiger partial charge in [-0.15, -0.1) is 11.6 Å². The Labute approximate surface area is 129 Å². The molecule has 2 aromatic carbocycles. The topological polar surface area (TPSA) is 0 Å². The zero-order chi connectivity index (χ0) is 14.0. The maximum absolute atomic E-state index is 6.47. The molecule has 0 spiro atoms. The Morgan fingerprint density at radius 2 is 1.74 bits per heavy atom. The highest BCUT2D eigenvalue weighted by Gasteiger charge is 2.14. The van der Waals surface area contributed by atoms with Crippen LogP contribution in [-0.2, 0) is 6.42 Å². The number of halogens is 3. The van der Waals surface area contributed by atoms with Crippen molar-refractivity contribution < 1.29 is 0 Å². The van der Waals surface area contributed by atoms with Gasteiger partial charge in [0.15, 0.2) is 0 Å². The van der Waals surface area contributed by atoms with Crippen molar-refractivity contribution in [2.45, 2.75) is 25.6 Å². The zero-order valence-corrected chi connectivity index (χ0v) is 13.2. The van der Waals surface area contributed by atoms with E-state index in [1.54, 1.807) is 6.07 Å². The minimum atomic E-state index is -0.173. The molecule has 1 unspecified atom stereocenters. The van der Waals surface area contributed by atoms with Crippen LogP contribution < -0.4 is 0 Å². The lowest BCUT2D eigenvalue weighted by atomic mass is 10.00. The van der Waals surface area contributed by atoms with E-state index in [2.05, 4.69) is 32.0 Å². The molecule has 0 heterocycles. The van der Waals surface area contributed by atoms with Crippen molar-refractivity contribution in [3.05, 3.63) is 68.7 Å². The molecule has 0 bridgehead atoms. The van der Waals surface area contributed by atoms with Gasteiger partial charge in [-0.2, -0.15) is 0 Å². The van der Waals surface area contributed by atoms with Gasteiger partial charge >= 0.3 is 0 Å². The molecule has 100 valence electrons. The van der Waals surface area contributed by atoms with Crippen molar-refractivity contribution in [3.63, 3.8) is 0 Å². The molecule has 0 amide bonds. The van der Waals surface area contributed by atoms with E-state index in [-0.39, 0.29) is 5.38 Å². The predicted molar refractivity (Wildman–Crippen MR) is 84.7 cm³/mol. The highest BCUT2D eigenvalue weighted by atomic mass is 35.5. The molecule has 3 heteroatoms. The fourth-order valence-electron chi connectivity index (χ4n) is 2.01. The first-order valence-electron chi connectivity index (χ1n) is 6.13. The van der Waals surface area contributed by atoms with Crippen LogP contribution in [0, 0.1) is 13.8 Å². The number of aryl methyl sites for hydroxylation is 2. The van der Waals surface area contributed by atoms with Crippen molar-refractivity contribution in [2.75, 3.05) is 0 Å². The van der Waals surface area contributed by atoms with E-state index in [1.807, 2.05) is 12.1 Å². The van der Waals surface area contributed by atoms with E-state index in [4.69, 9.17) is 34.8 Å². The maximum Gasteiger partial charge on any atom is 0.0640 e. The Balaban J connectivity index is 2.23. The molecule has 0 aliphatic rings. The lowest BCUT2D eigenvalue weighted by Gasteiger charge is -2.13. The first kappa shape index (κ1) is 14.7. The van der Waals surface area contributed by atoms with Gasteiger partial charge in [-0.05, 0) is 48.6 Å². The zero-order valence-electron chi connectivity index (χ0n) is 10.9. The van der Waals surface area contributed by atoms with Gasteiger partial charge < -0.3 is 0 Å². The second-order valence-electron chi connectivity index (χ2n) is 4.73. The minimum Gasteiger partial charge on any atom is -0.117 e.